The average Bonchev–Trinajstić information content (AvgIpc) is 2.44. The smallest absolute Gasteiger partial charge is 0.181 e. The van der Waals surface area contributed by atoms with E-state index in [1.54, 1.807) is 24.0 Å². The van der Waals surface area contributed by atoms with Gasteiger partial charge in [-0.2, -0.15) is 5.10 Å². The summed E-state index contributed by atoms with van der Waals surface area (Å²) in [5.41, 5.74) is 0.693. The van der Waals surface area contributed by atoms with Gasteiger partial charge in [-0.05, 0) is 31.9 Å². The van der Waals surface area contributed by atoms with Crippen molar-refractivity contribution in [2.45, 2.75) is 0 Å². The third-order valence-corrected chi connectivity index (χ3v) is 2.86. The molecule has 2 heterocycles. The molecule has 0 saturated carbocycles. The van der Waals surface area contributed by atoms with Crippen molar-refractivity contribution >= 4 is 43.5 Å². The molecule has 0 aromatic carbocycles. The van der Waals surface area contributed by atoms with E-state index in [4.69, 9.17) is 11.6 Å². The van der Waals surface area contributed by atoms with Crippen LogP contribution in [0.5, 0.6) is 0 Å². The van der Waals surface area contributed by atoms with Crippen molar-refractivity contribution in [3.63, 3.8) is 0 Å². The number of nitrogens with zero attached hydrogens (tertiary/aromatic N) is 4. The van der Waals surface area contributed by atoms with E-state index < -0.39 is 0 Å². The van der Waals surface area contributed by atoms with E-state index in [2.05, 4.69) is 46.9 Å². The first-order valence-electron chi connectivity index (χ1n) is 3.96. The maximum absolute atomic E-state index is 5.99. The highest BCUT2D eigenvalue weighted by atomic mass is 79.9. The van der Waals surface area contributed by atoms with Gasteiger partial charge in [0.05, 0.1) is 11.2 Å². The van der Waals surface area contributed by atoms with Gasteiger partial charge in [0.25, 0.3) is 0 Å². The van der Waals surface area contributed by atoms with Crippen molar-refractivity contribution in [1.82, 2.24) is 19.7 Å². The molecule has 0 aliphatic carbocycles. The van der Waals surface area contributed by atoms with Gasteiger partial charge in [0.2, 0.25) is 0 Å². The second kappa shape index (κ2) is 4.19. The van der Waals surface area contributed by atoms with E-state index in [0.29, 0.717) is 25.7 Å². The third-order valence-electron chi connectivity index (χ3n) is 1.77. The van der Waals surface area contributed by atoms with Gasteiger partial charge in [-0.25, -0.2) is 9.97 Å². The van der Waals surface area contributed by atoms with E-state index >= 15 is 0 Å². The number of hydrogen-bond acceptors (Lipinski definition) is 3. The third kappa shape index (κ3) is 2.21. The fraction of sp³-hybridized carbons (Fsp3) is 0.125. The van der Waals surface area contributed by atoms with E-state index in [1.807, 2.05) is 0 Å². The van der Waals surface area contributed by atoms with Crippen LogP contribution < -0.4 is 0 Å². The summed E-state index contributed by atoms with van der Waals surface area (Å²) in [5.74, 6) is 0.529. The molecule has 2 aromatic heterocycles. The molecule has 0 spiro atoms. The van der Waals surface area contributed by atoms with E-state index in [-0.39, 0.29) is 0 Å². The zero-order valence-electron chi connectivity index (χ0n) is 7.58. The average molecular weight is 352 g/mol. The number of halogens is 3. The van der Waals surface area contributed by atoms with E-state index in [9.17, 15) is 0 Å². The Balaban J connectivity index is 2.63. The Morgan fingerprint density at radius 3 is 2.33 bits per heavy atom. The molecule has 0 atom stereocenters. The van der Waals surface area contributed by atoms with Gasteiger partial charge in [-0.15, -0.1) is 0 Å². The van der Waals surface area contributed by atoms with Crippen LogP contribution in [-0.2, 0) is 7.05 Å². The summed E-state index contributed by atoms with van der Waals surface area (Å²) in [6, 6.07) is 1.76. The van der Waals surface area contributed by atoms with Crippen molar-refractivity contribution in [2.75, 3.05) is 0 Å². The Hall–Kier alpha value is -0.460. The predicted octanol–water partition coefficient (Wildman–Crippen LogP) is 3.06. The molecule has 0 aliphatic rings. The number of aryl methyl sites for hydroxylation is 1. The van der Waals surface area contributed by atoms with Crippen LogP contribution in [0.3, 0.4) is 0 Å². The zero-order valence-corrected chi connectivity index (χ0v) is 11.5. The minimum absolute atomic E-state index is 0.529. The number of aromatic nitrogens is 4. The lowest BCUT2D eigenvalue weighted by atomic mass is 10.4. The molecular weight excluding hydrogens is 347 g/mol. The molecule has 0 fully saturated rings. The van der Waals surface area contributed by atoms with Crippen LogP contribution in [0.15, 0.2) is 21.5 Å². The number of hydrogen-bond donors (Lipinski definition) is 0. The topological polar surface area (TPSA) is 43.6 Å². The molecule has 7 heteroatoms. The first-order valence-corrected chi connectivity index (χ1v) is 5.92. The highest BCUT2D eigenvalue weighted by Crippen LogP contribution is 2.26. The molecule has 0 radical (unpaired) electrons. The molecule has 4 nitrogen and oxygen atoms in total. The predicted molar refractivity (Wildman–Crippen MR) is 64.6 cm³/mol. The largest absolute Gasteiger partial charge is 0.263 e. The maximum Gasteiger partial charge on any atom is 0.181 e. The van der Waals surface area contributed by atoms with E-state index in [1.165, 1.54) is 0 Å². The molecule has 0 bridgehead atoms. The Morgan fingerprint density at radius 1 is 1.27 bits per heavy atom. The van der Waals surface area contributed by atoms with Crippen LogP contribution in [0.25, 0.3) is 11.5 Å². The molecule has 0 saturated heterocycles. The van der Waals surface area contributed by atoms with Crippen molar-refractivity contribution in [1.29, 1.82) is 0 Å². The summed E-state index contributed by atoms with van der Waals surface area (Å²) < 4.78 is 3.02. The van der Waals surface area contributed by atoms with Gasteiger partial charge in [-0.3, -0.25) is 4.68 Å². The second-order valence-corrected chi connectivity index (χ2v) is 4.83. The minimum Gasteiger partial charge on any atom is -0.263 e. The lowest BCUT2D eigenvalue weighted by molar-refractivity contribution is 0.769. The first-order chi connectivity index (χ1) is 7.08. The normalized spacial score (nSPS) is 10.7. The van der Waals surface area contributed by atoms with Gasteiger partial charge < -0.3 is 0 Å². The van der Waals surface area contributed by atoms with Crippen LogP contribution in [0.1, 0.15) is 0 Å². The van der Waals surface area contributed by atoms with Crippen molar-refractivity contribution in [3.8, 4) is 11.5 Å². The molecule has 2 aromatic rings. The van der Waals surface area contributed by atoms with Gasteiger partial charge in [0, 0.05) is 13.1 Å². The molecule has 78 valence electrons. The second-order valence-electron chi connectivity index (χ2n) is 2.80. The Labute approximate surface area is 108 Å². The van der Waals surface area contributed by atoms with Gasteiger partial charge in [-0.1, -0.05) is 11.6 Å². The van der Waals surface area contributed by atoms with Crippen LogP contribution in [0, 0.1) is 0 Å². The lowest BCUT2D eigenvalue weighted by Gasteiger charge is -2.02. The Bertz CT molecular complexity index is 472. The Kier molecular flexibility index (Phi) is 3.08. The first kappa shape index (κ1) is 11.0. The summed E-state index contributed by atoms with van der Waals surface area (Å²) >= 11 is 12.6. The quantitative estimate of drug-likeness (QED) is 0.741. The van der Waals surface area contributed by atoms with Crippen LogP contribution in [0.2, 0.25) is 5.02 Å². The van der Waals surface area contributed by atoms with E-state index in [0.717, 1.165) is 0 Å². The summed E-state index contributed by atoms with van der Waals surface area (Å²) in [4.78, 5) is 8.46. The fourth-order valence-electron chi connectivity index (χ4n) is 1.16. The molecule has 0 unspecified atom stereocenters. The highest BCUT2D eigenvalue weighted by molar-refractivity contribution is 9.11. The maximum atomic E-state index is 5.99. The number of rotatable bonds is 1. The molecule has 15 heavy (non-hydrogen) atoms. The van der Waals surface area contributed by atoms with Gasteiger partial charge >= 0.3 is 0 Å². The minimum atomic E-state index is 0.529. The van der Waals surface area contributed by atoms with Gasteiger partial charge in [0.15, 0.2) is 5.82 Å². The van der Waals surface area contributed by atoms with Crippen LogP contribution in [0.4, 0.5) is 0 Å². The highest BCUT2D eigenvalue weighted by Gasteiger charge is 2.13. The van der Waals surface area contributed by atoms with Crippen molar-refractivity contribution in [3.05, 3.63) is 26.5 Å². The lowest BCUT2D eigenvalue weighted by Crippen LogP contribution is -1.98. The monoisotopic (exact) mass is 350 g/mol. The molecule has 0 amide bonds. The van der Waals surface area contributed by atoms with Crippen LogP contribution in [-0.4, -0.2) is 19.7 Å². The zero-order chi connectivity index (χ0) is 11.0. The standard InChI is InChI=1S/C8H5Br2ClN4/c1-15-7(4(11)3-12-15)8-13-5(9)2-6(10)14-8/h2-3H,1H3. The fourth-order valence-corrected chi connectivity index (χ4v) is 2.49. The van der Waals surface area contributed by atoms with Crippen LogP contribution >= 0.6 is 43.5 Å². The summed E-state index contributed by atoms with van der Waals surface area (Å²) in [6.07, 6.45) is 1.56. The SMILES string of the molecule is Cn1ncc(Cl)c1-c1nc(Br)cc(Br)n1. The summed E-state index contributed by atoms with van der Waals surface area (Å²) in [5, 5.41) is 4.56. The molecule has 2 rings (SSSR count). The van der Waals surface area contributed by atoms with Gasteiger partial charge in [0.1, 0.15) is 14.9 Å². The molecular formula is C8H5Br2ClN4. The summed E-state index contributed by atoms with van der Waals surface area (Å²) in [7, 11) is 1.79. The Morgan fingerprint density at radius 2 is 1.87 bits per heavy atom. The van der Waals surface area contributed by atoms with Crippen molar-refractivity contribution in [2.24, 2.45) is 7.05 Å². The summed E-state index contributed by atoms with van der Waals surface area (Å²) in [6.45, 7) is 0. The molecule has 0 aliphatic heterocycles. The van der Waals surface area contributed by atoms with Crippen molar-refractivity contribution < 1.29 is 0 Å². The molecule has 0 N–H and O–H groups in total.